The fraction of sp³-hybridized carbons (Fsp3) is 0.222. The van der Waals surface area contributed by atoms with Crippen LogP contribution in [-0.2, 0) is 27.5 Å². The molecule has 0 spiro atoms. The van der Waals surface area contributed by atoms with E-state index in [1.165, 1.54) is 24.3 Å². The Labute approximate surface area is 153 Å². The molecule has 0 atom stereocenters. The summed E-state index contributed by atoms with van der Waals surface area (Å²) in [7, 11) is 0. The lowest BCUT2D eigenvalue weighted by Gasteiger charge is -2.21. The number of fused-ring (bicyclic) bond motifs is 1. The van der Waals surface area contributed by atoms with Crippen LogP contribution in [0.1, 0.15) is 21.5 Å². The van der Waals surface area contributed by atoms with E-state index < -0.39 is 17.7 Å². The monoisotopic (exact) mass is 379 g/mol. The van der Waals surface area contributed by atoms with Crippen LogP contribution in [-0.4, -0.2) is 25.2 Å². The van der Waals surface area contributed by atoms with Crippen LogP contribution >= 0.6 is 11.6 Å². The van der Waals surface area contributed by atoms with Crippen LogP contribution in [0.3, 0.4) is 0 Å². The van der Waals surface area contributed by atoms with Gasteiger partial charge in [0.1, 0.15) is 24.7 Å². The van der Waals surface area contributed by atoms with E-state index in [0.29, 0.717) is 22.9 Å². The molecular weight excluding hydrogens is 365 g/mol. The summed E-state index contributed by atoms with van der Waals surface area (Å²) in [6, 6.07) is 8.85. The fourth-order valence-corrected chi connectivity index (χ4v) is 2.73. The van der Waals surface area contributed by atoms with E-state index in [1.54, 1.807) is 12.1 Å². The van der Waals surface area contributed by atoms with Crippen LogP contribution in [0, 0.1) is 5.82 Å². The summed E-state index contributed by atoms with van der Waals surface area (Å²) in [5.74, 6) is -1.46. The Bertz CT molecular complexity index is 842. The molecule has 0 bridgehead atoms. The van der Waals surface area contributed by atoms with Crippen molar-refractivity contribution in [3.05, 3.63) is 63.9 Å². The zero-order valence-corrected chi connectivity index (χ0v) is 14.3. The second-order valence-corrected chi connectivity index (χ2v) is 5.92. The van der Waals surface area contributed by atoms with Gasteiger partial charge in [0.15, 0.2) is 6.79 Å². The van der Waals surface area contributed by atoms with Crippen molar-refractivity contribution < 1.29 is 28.2 Å². The van der Waals surface area contributed by atoms with Gasteiger partial charge in [-0.3, -0.25) is 9.59 Å². The van der Waals surface area contributed by atoms with Gasteiger partial charge in [-0.2, -0.15) is 0 Å². The lowest BCUT2D eigenvalue weighted by atomic mass is 10.1. The summed E-state index contributed by atoms with van der Waals surface area (Å²) in [6.45, 7) is 0.000992. The Morgan fingerprint density at radius 3 is 2.88 bits per heavy atom. The lowest BCUT2D eigenvalue weighted by Crippen LogP contribution is -2.31. The third-order valence-corrected chi connectivity index (χ3v) is 3.87. The Hall–Kier alpha value is -2.64. The molecule has 0 saturated heterocycles. The van der Waals surface area contributed by atoms with E-state index in [4.69, 9.17) is 25.8 Å². The lowest BCUT2D eigenvalue weighted by molar-refractivity contribution is -0.143. The molecule has 2 aromatic carbocycles. The minimum Gasteiger partial charge on any atom is -0.467 e. The average Bonchev–Trinajstić information content (AvgIpc) is 2.64. The van der Waals surface area contributed by atoms with Crippen LogP contribution < -0.4 is 10.1 Å². The highest BCUT2D eigenvalue weighted by Crippen LogP contribution is 2.32. The number of nitrogens with one attached hydrogen (secondary N) is 1. The zero-order valence-electron chi connectivity index (χ0n) is 13.6. The molecule has 1 heterocycles. The van der Waals surface area contributed by atoms with Crippen molar-refractivity contribution in [3.63, 3.8) is 0 Å². The van der Waals surface area contributed by atoms with Crippen molar-refractivity contribution in [2.75, 3.05) is 13.3 Å². The number of hydrogen-bond donors (Lipinski definition) is 1. The third kappa shape index (κ3) is 4.30. The quantitative estimate of drug-likeness (QED) is 0.809. The Kier molecular flexibility index (Phi) is 5.70. The van der Waals surface area contributed by atoms with Crippen LogP contribution in [0.25, 0.3) is 0 Å². The van der Waals surface area contributed by atoms with Gasteiger partial charge in [-0.15, -0.1) is 0 Å². The number of carbonyl (C=O) groups excluding carboxylic acids is 2. The van der Waals surface area contributed by atoms with Crippen LogP contribution in [0.15, 0.2) is 36.4 Å². The van der Waals surface area contributed by atoms with Gasteiger partial charge >= 0.3 is 5.97 Å². The van der Waals surface area contributed by atoms with Crippen molar-refractivity contribution in [2.24, 2.45) is 0 Å². The fourth-order valence-electron chi connectivity index (χ4n) is 2.47. The summed E-state index contributed by atoms with van der Waals surface area (Å²) in [4.78, 5) is 23.7. The smallest absolute Gasteiger partial charge is 0.325 e. The number of rotatable bonds is 5. The highest BCUT2D eigenvalue weighted by atomic mass is 35.5. The highest BCUT2D eigenvalue weighted by molar-refractivity contribution is 6.30. The standard InChI is InChI=1S/C18H15ClFNO5/c19-13-5-11-8-24-10-26-17(11)12(6-13)9-25-16(22)7-21-18(23)14-3-1-2-4-15(14)20/h1-6H,7-10H2,(H,21,23). The molecule has 1 aliphatic rings. The molecule has 0 radical (unpaired) electrons. The largest absolute Gasteiger partial charge is 0.467 e. The number of hydrogen-bond acceptors (Lipinski definition) is 5. The second kappa shape index (κ2) is 8.16. The minimum absolute atomic E-state index is 0.0721. The van der Waals surface area contributed by atoms with Gasteiger partial charge in [-0.05, 0) is 24.3 Å². The molecular formula is C18H15ClFNO5. The molecule has 0 saturated carbocycles. The van der Waals surface area contributed by atoms with E-state index in [0.717, 1.165) is 5.56 Å². The minimum atomic E-state index is -0.694. The SMILES string of the molecule is O=C(CNC(=O)c1ccccc1F)OCc1cc(Cl)cc2c1OCOC2. The van der Waals surface area contributed by atoms with E-state index in [1.807, 2.05) is 0 Å². The Morgan fingerprint density at radius 2 is 2.08 bits per heavy atom. The number of benzene rings is 2. The predicted octanol–water partition coefficient (Wildman–Crippen LogP) is 2.82. The second-order valence-electron chi connectivity index (χ2n) is 5.49. The van der Waals surface area contributed by atoms with E-state index in [-0.39, 0.29) is 25.5 Å². The molecule has 3 rings (SSSR count). The number of esters is 1. The number of carbonyl (C=O) groups is 2. The van der Waals surface area contributed by atoms with Gasteiger partial charge in [0, 0.05) is 16.1 Å². The molecule has 0 unspecified atom stereocenters. The molecule has 0 fully saturated rings. The van der Waals surface area contributed by atoms with Crippen LogP contribution in [0.5, 0.6) is 5.75 Å². The first-order valence-electron chi connectivity index (χ1n) is 7.75. The molecule has 2 aromatic rings. The Morgan fingerprint density at radius 1 is 1.27 bits per heavy atom. The summed E-state index contributed by atoms with van der Waals surface area (Å²) < 4.78 is 29.3. The van der Waals surface area contributed by atoms with Crippen LogP contribution in [0.2, 0.25) is 5.02 Å². The van der Waals surface area contributed by atoms with Gasteiger partial charge in [0.2, 0.25) is 0 Å². The summed E-state index contributed by atoms with van der Waals surface area (Å²) in [6.07, 6.45) is 0. The zero-order chi connectivity index (χ0) is 18.5. The predicted molar refractivity (Wildman–Crippen MR) is 90.3 cm³/mol. The normalized spacial score (nSPS) is 12.7. The summed E-state index contributed by atoms with van der Waals surface area (Å²) >= 11 is 6.04. The first-order chi connectivity index (χ1) is 12.5. The van der Waals surface area contributed by atoms with Gasteiger partial charge < -0.3 is 19.5 Å². The van der Waals surface area contributed by atoms with Crippen molar-refractivity contribution in [1.82, 2.24) is 5.32 Å². The van der Waals surface area contributed by atoms with E-state index in [2.05, 4.69) is 5.32 Å². The third-order valence-electron chi connectivity index (χ3n) is 3.65. The first kappa shape index (κ1) is 18.2. The van der Waals surface area contributed by atoms with Crippen molar-refractivity contribution >= 4 is 23.5 Å². The number of halogens is 2. The van der Waals surface area contributed by atoms with Crippen molar-refractivity contribution in [1.29, 1.82) is 0 Å². The van der Waals surface area contributed by atoms with Gasteiger partial charge in [-0.25, -0.2) is 4.39 Å². The highest BCUT2D eigenvalue weighted by Gasteiger charge is 2.18. The van der Waals surface area contributed by atoms with Gasteiger partial charge in [0.05, 0.1) is 12.2 Å². The molecule has 0 aliphatic carbocycles. The number of amides is 1. The topological polar surface area (TPSA) is 73.9 Å². The summed E-state index contributed by atoms with van der Waals surface area (Å²) in [5.41, 5.74) is 1.23. The first-order valence-corrected chi connectivity index (χ1v) is 8.12. The van der Waals surface area contributed by atoms with E-state index in [9.17, 15) is 14.0 Å². The number of ether oxygens (including phenoxy) is 3. The maximum atomic E-state index is 13.5. The molecule has 6 nitrogen and oxygen atoms in total. The van der Waals surface area contributed by atoms with Crippen molar-refractivity contribution in [3.8, 4) is 5.75 Å². The molecule has 8 heteroatoms. The van der Waals surface area contributed by atoms with E-state index >= 15 is 0 Å². The molecule has 1 aliphatic heterocycles. The van der Waals surface area contributed by atoms with Gasteiger partial charge in [-0.1, -0.05) is 23.7 Å². The average molecular weight is 380 g/mol. The molecule has 136 valence electrons. The molecule has 1 amide bonds. The molecule has 1 N–H and O–H groups in total. The summed E-state index contributed by atoms with van der Waals surface area (Å²) in [5, 5.41) is 2.79. The Balaban J connectivity index is 1.56. The maximum Gasteiger partial charge on any atom is 0.325 e. The van der Waals surface area contributed by atoms with Gasteiger partial charge in [0.25, 0.3) is 5.91 Å². The van der Waals surface area contributed by atoms with Crippen molar-refractivity contribution in [2.45, 2.75) is 13.2 Å². The van der Waals surface area contributed by atoms with Crippen LogP contribution in [0.4, 0.5) is 4.39 Å². The molecule has 0 aromatic heterocycles. The molecule has 26 heavy (non-hydrogen) atoms. The maximum absolute atomic E-state index is 13.5.